The molecule has 8 heteroatoms. The average molecular weight is 415 g/mol. The fourth-order valence-corrected chi connectivity index (χ4v) is 3.83. The molecule has 0 radical (unpaired) electrons. The van der Waals surface area contributed by atoms with Crippen molar-refractivity contribution in [2.45, 2.75) is 26.8 Å². The summed E-state index contributed by atoms with van der Waals surface area (Å²) in [5, 5.41) is 7.26. The molecule has 2 heterocycles. The second-order valence-corrected chi connectivity index (χ2v) is 7.15. The number of amides is 2. The number of aromatic nitrogens is 1. The van der Waals surface area contributed by atoms with Gasteiger partial charge in [-0.05, 0) is 37.2 Å². The molecular weight excluding hydrogens is 388 g/mol. The van der Waals surface area contributed by atoms with Gasteiger partial charge in [-0.15, -0.1) is 0 Å². The Balaban J connectivity index is 1.99. The summed E-state index contributed by atoms with van der Waals surface area (Å²) in [6.07, 6.45) is 4.57. The highest BCUT2D eigenvalue weighted by Gasteiger charge is 2.29. The minimum Gasteiger partial charge on any atom is -0.383 e. The molecule has 0 spiro atoms. The lowest BCUT2D eigenvalue weighted by molar-refractivity contribution is -0.122. The number of hydrogen-bond donors (Lipinski definition) is 2. The second-order valence-electron chi connectivity index (χ2n) is 6.76. The van der Waals surface area contributed by atoms with Crippen LogP contribution in [0, 0.1) is 0 Å². The number of carbonyl (C=O) groups excluding carboxylic acids is 2. The quantitative estimate of drug-likeness (QED) is 0.393. The maximum atomic E-state index is 12.6. The Labute approximate surface area is 175 Å². The van der Waals surface area contributed by atoms with E-state index in [1.807, 2.05) is 35.9 Å². The van der Waals surface area contributed by atoms with Gasteiger partial charge in [-0.1, -0.05) is 25.1 Å². The van der Waals surface area contributed by atoms with E-state index in [1.54, 1.807) is 7.11 Å². The second kappa shape index (κ2) is 9.19. The number of fused-ring (bicyclic) bond motifs is 1. The lowest BCUT2D eigenvalue weighted by atomic mass is 10.1. The van der Waals surface area contributed by atoms with Crippen molar-refractivity contribution in [3.63, 3.8) is 0 Å². The standard InChI is InChI=1S/C21H26N4O3S/c1-4-14-7-6-8-16-15(11-17-20(27)25(5-2)21(29)23-17)12-24(19(14)16)13-18(26)22-9-10-28-3/h6-8,11-12H,4-5,9-10,13H2,1-3H3,(H,22,26)(H,23,29). The zero-order valence-corrected chi connectivity index (χ0v) is 17.8. The molecule has 1 fully saturated rings. The van der Waals surface area contributed by atoms with Crippen LogP contribution in [0.15, 0.2) is 30.1 Å². The van der Waals surface area contributed by atoms with Crippen LogP contribution in [0.1, 0.15) is 25.0 Å². The summed E-state index contributed by atoms with van der Waals surface area (Å²) in [5.74, 6) is -0.222. The fourth-order valence-electron chi connectivity index (χ4n) is 3.51. The number of hydrogen-bond acceptors (Lipinski definition) is 4. The molecule has 2 aromatic rings. The van der Waals surface area contributed by atoms with E-state index < -0.39 is 0 Å². The van der Waals surface area contributed by atoms with E-state index in [1.165, 1.54) is 4.90 Å². The normalized spacial score (nSPS) is 15.4. The topological polar surface area (TPSA) is 75.6 Å². The van der Waals surface area contributed by atoms with E-state index in [9.17, 15) is 9.59 Å². The number of methoxy groups -OCH3 is 1. The molecule has 0 atom stereocenters. The van der Waals surface area contributed by atoms with E-state index in [-0.39, 0.29) is 18.4 Å². The number of thiocarbonyl (C=S) groups is 1. The van der Waals surface area contributed by atoms with E-state index in [0.717, 1.165) is 28.5 Å². The zero-order chi connectivity index (χ0) is 21.0. The van der Waals surface area contributed by atoms with Crippen LogP contribution in [-0.4, -0.2) is 53.2 Å². The molecule has 3 rings (SSSR count). The van der Waals surface area contributed by atoms with Crippen LogP contribution in [-0.2, 0) is 27.3 Å². The Kier molecular flexibility index (Phi) is 6.66. The van der Waals surface area contributed by atoms with Gasteiger partial charge in [-0.3, -0.25) is 14.5 Å². The zero-order valence-electron chi connectivity index (χ0n) is 16.9. The number of aryl methyl sites for hydroxylation is 1. The van der Waals surface area contributed by atoms with Gasteiger partial charge in [0.05, 0.1) is 12.1 Å². The van der Waals surface area contributed by atoms with Crippen LogP contribution in [0.5, 0.6) is 0 Å². The van der Waals surface area contributed by atoms with Crippen LogP contribution in [0.4, 0.5) is 0 Å². The van der Waals surface area contributed by atoms with Gasteiger partial charge in [-0.25, -0.2) is 0 Å². The highest BCUT2D eigenvalue weighted by atomic mass is 32.1. The molecule has 0 unspecified atom stereocenters. The summed E-state index contributed by atoms with van der Waals surface area (Å²) >= 11 is 5.24. The number of likely N-dealkylation sites (N-methyl/N-ethyl adjacent to an activating group) is 1. The summed E-state index contributed by atoms with van der Waals surface area (Å²) in [7, 11) is 1.60. The Morgan fingerprint density at radius 3 is 2.79 bits per heavy atom. The van der Waals surface area contributed by atoms with E-state index in [4.69, 9.17) is 17.0 Å². The van der Waals surface area contributed by atoms with Crippen LogP contribution < -0.4 is 10.6 Å². The van der Waals surface area contributed by atoms with E-state index in [2.05, 4.69) is 23.6 Å². The van der Waals surface area contributed by atoms with Crippen LogP contribution in [0.2, 0.25) is 0 Å². The number of benzene rings is 1. The lowest BCUT2D eigenvalue weighted by Gasteiger charge is -2.09. The first-order chi connectivity index (χ1) is 14.0. The number of nitrogens with one attached hydrogen (secondary N) is 2. The van der Waals surface area contributed by atoms with Crippen molar-refractivity contribution in [1.82, 2.24) is 20.1 Å². The molecule has 29 heavy (non-hydrogen) atoms. The summed E-state index contributed by atoms with van der Waals surface area (Å²) in [6.45, 7) is 5.62. The van der Waals surface area contributed by atoms with Crippen molar-refractivity contribution in [2.75, 3.05) is 26.8 Å². The smallest absolute Gasteiger partial charge is 0.276 e. The number of carbonyl (C=O) groups is 2. The summed E-state index contributed by atoms with van der Waals surface area (Å²) < 4.78 is 6.92. The van der Waals surface area contributed by atoms with Gasteiger partial charge in [0, 0.05) is 37.3 Å². The van der Waals surface area contributed by atoms with Crippen molar-refractivity contribution < 1.29 is 14.3 Å². The third kappa shape index (κ3) is 4.33. The van der Waals surface area contributed by atoms with Crippen LogP contribution in [0.25, 0.3) is 17.0 Å². The Bertz CT molecular complexity index is 980. The van der Waals surface area contributed by atoms with Gasteiger partial charge in [0.2, 0.25) is 5.91 Å². The molecule has 1 saturated heterocycles. The predicted octanol–water partition coefficient (Wildman–Crippen LogP) is 2.04. The molecule has 2 N–H and O–H groups in total. The fraction of sp³-hybridized carbons (Fsp3) is 0.381. The molecule has 1 aromatic carbocycles. The van der Waals surface area contributed by atoms with Gasteiger partial charge < -0.3 is 19.9 Å². The van der Waals surface area contributed by atoms with Crippen LogP contribution in [0.3, 0.4) is 0 Å². The molecular formula is C21H26N4O3S. The minimum absolute atomic E-state index is 0.0857. The highest BCUT2D eigenvalue weighted by molar-refractivity contribution is 7.80. The van der Waals surface area contributed by atoms with Gasteiger partial charge in [0.15, 0.2) is 5.11 Å². The first kappa shape index (κ1) is 21.0. The molecule has 7 nitrogen and oxygen atoms in total. The van der Waals surface area contributed by atoms with Gasteiger partial charge >= 0.3 is 0 Å². The van der Waals surface area contributed by atoms with Gasteiger partial charge in [-0.2, -0.15) is 0 Å². The number of nitrogens with zero attached hydrogens (tertiary/aromatic N) is 2. The molecule has 1 aliphatic heterocycles. The summed E-state index contributed by atoms with van der Waals surface area (Å²) in [5.41, 5.74) is 3.47. The van der Waals surface area contributed by atoms with Crippen molar-refractivity contribution in [2.24, 2.45) is 0 Å². The molecule has 1 aromatic heterocycles. The monoisotopic (exact) mass is 414 g/mol. The molecule has 2 amide bonds. The SMILES string of the molecule is CCc1cccc2c(C=C3NC(=S)N(CC)C3=O)cn(CC(=O)NCCOC)c12. The van der Waals surface area contributed by atoms with E-state index in [0.29, 0.717) is 30.5 Å². The maximum absolute atomic E-state index is 12.6. The van der Waals surface area contributed by atoms with Gasteiger partial charge in [0.1, 0.15) is 12.2 Å². The number of para-hydroxylation sites is 1. The van der Waals surface area contributed by atoms with Crippen LogP contribution >= 0.6 is 12.2 Å². The van der Waals surface area contributed by atoms with Crippen molar-refractivity contribution in [3.8, 4) is 0 Å². The number of rotatable bonds is 8. The minimum atomic E-state index is -0.137. The van der Waals surface area contributed by atoms with Crippen molar-refractivity contribution in [3.05, 3.63) is 41.2 Å². The molecule has 0 bridgehead atoms. The summed E-state index contributed by atoms with van der Waals surface area (Å²) in [6, 6.07) is 6.07. The largest absolute Gasteiger partial charge is 0.383 e. The predicted molar refractivity (Wildman–Crippen MR) is 117 cm³/mol. The first-order valence-electron chi connectivity index (χ1n) is 9.71. The van der Waals surface area contributed by atoms with Gasteiger partial charge in [0.25, 0.3) is 5.91 Å². The summed E-state index contributed by atoms with van der Waals surface area (Å²) in [4.78, 5) is 26.5. The molecule has 0 saturated carbocycles. The van der Waals surface area contributed by atoms with Crippen molar-refractivity contribution in [1.29, 1.82) is 0 Å². The molecule has 154 valence electrons. The first-order valence-corrected chi connectivity index (χ1v) is 10.1. The average Bonchev–Trinajstić information content (AvgIpc) is 3.18. The number of ether oxygens (including phenoxy) is 1. The third-order valence-electron chi connectivity index (χ3n) is 4.91. The highest BCUT2D eigenvalue weighted by Crippen LogP contribution is 2.28. The third-order valence-corrected chi connectivity index (χ3v) is 5.24. The Hall–Kier alpha value is -2.71. The molecule has 1 aliphatic rings. The van der Waals surface area contributed by atoms with Crippen molar-refractivity contribution >= 4 is 46.1 Å². The Morgan fingerprint density at radius 1 is 1.34 bits per heavy atom. The lowest BCUT2D eigenvalue weighted by Crippen LogP contribution is -2.30. The van der Waals surface area contributed by atoms with E-state index >= 15 is 0 Å². The Morgan fingerprint density at radius 2 is 2.14 bits per heavy atom. The molecule has 0 aliphatic carbocycles. The maximum Gasteiger partial charge on any atom is 0.276 e.